The molecule has 1 N–H and O–H groups in total. The van der Waals surface area contributed by atoms with Gasteiger partial charge in [0.15, 0.2) is 0 Å². The smallest absolute Gasteiger partial charge is 0.124 e. The lowest BCUT2D eigenvalue weighted by molar-refractivity contribution is 0.392. The van der Waals surface area contributed by atoms with Gasteiger partial charge in [0.25, 0.3) is 0 Å². The monoisotopic (exact) mass is 278 g/mol. The number of ether oxygens (including phenoxy) is 2. The zero-order chi connectivity index (χ0) is 14.4. The number of rotatable bonds is 6. The van der Waals surface area contributed by atoms with Crippen LogP contribution in [0.3, 0.4) is 0 Å². The fourth-order valence-corrected chi connectivity index (χ4v) is 2.67. The first kappa shape index (κ1) is 15.0. The first-order valence-corrected chi connectivity index (χ1v) is 7.48. The molecular weight excluding hydrogens is 252 g/mol. The number of nitrogens with one attached hydrogen (secondary N) is 1. The molecule has 0 bridgehead atoms. The summed E-state index contributed by atoms with van der Waals surface area (Å²) in [6.45, 7) is 5.50. The van der Waals surface area contributed by atoms with E-state index in [1.807, 2.05) is 6.07 Å². The lowest BCUT2D eigenvalue weighted by Crippen LogP contribution is -2.42. The van der Waals surface area contributed by atoms with E-state index in [4.69, 9.17) is 9.47 Å². The van der Waals surface area contributed by atoms with Gasteiger partial charge in [-0.05, 0) is 25.8 Å². The van der Waals surface area contributed by atoms with Crippen molar-refractivity contribution < 1.29 is 9.47 Å². The standard InChI is InChI=1S/C16H26N2O2/c1-4-7-17-13-5-8-18(9-6-13)14-10-15(19-2)12-16(11-14)20-3/h10-13,17H,4-9H2,1-3H3. The van der Waals surface area contributed by atoms with Crippen molar-refractivity contribution in [1.29, 1.82) is 0 Å². The molecule has 1 aliphatic rings. The van der Waals surface area contributed by atoms with E-state index in [1.54, 1.807) is 14.2 Å². The van der Waals surface area contributed by atoms with Crippen LogP contribution in [-0.4, -0.2) is 39.9 Å². The molecule has 1 fully saturated rings. The second-order valence-electron chi connectivity index (χ2n) is 5.29. The first-order chi connectivity index (χ1) is 9.76. The average molecular weight is 278 g/mol. The Hall–Kier alpha value is -1.42. The van der Waals surface area contributed by atoms with Crippen LogP contribution >= 0.6 is 0 Å². The number of hydrogen-bond acceptors (Lipinski definition) is 4. The van der Waals surface area contributed by atoms with Gasteiger partial charge >= 0.3 is 0 Å². The third-order valence-electron chi connectivity index (χ3n) is 3.88. The van der Waals surface area contributed by atoms with Crippen molar-refractivity contribution >= 4 is 5.69 Å². The van der Waals surface area contributed by atoms with Crippen LogP contribution in [0.2, 0.25) is 0 Å². The minimum Gasteiger partial charge on any atom is -0.497 e. The van der Waals surface area contributed by atoms with Crippen LogP contribution in [0.5, 0.6) is 11.5 Å². The van der Waals surface area contributed by atoms with E-state index < -0.39 is 0 Å². The molecule has 0 atom stereocenters. The van der Waals surface area contributed by atoms with Gasteiger partial charge in [-0.25, -0.2) is 0 Å². The van der Waals surface area contributed by atoms with Crippen LogP contribution in [0.15, 0.2) is 18.2 Å². The van der Waals surface area contributed by atoms with Gasteiger partial charge in [-0.1, -0.05) is 6.92 Å². The molecule has 1 heterocycles. The Bertz CT molecular complexity index is 393. The molecule has 0 aromatic heterocycles. The van der Waals surface area contributed by atoms with Crippen LogP contribution in [0, 0.1) is 0 Å². The first-order valence-electron chi connectivity index (χ1n) is 7.48. The number of methoxy groups -OCH3 is 2. The largest absolute Gasteiger partial charge is 0.497 e. The molecule has 0 amide bonds. The summed E-state index contributed by atoms with van der Waals surface area (Å²) in [6, 6.07) is 6.75. The molecule has 2 rings (SSSR count). The third kappa shape index (κ3) is 3.79. The molecule has 0 unspecified atom stereocenters. The molecule has 1 aromatic carbocycles. The predicted octanol–water partition coefficient (Wildman–Crippen LogP) is 2.67. The molecule has 4 heteroatoms. The summed E-state index contributed by atoms with van der Waals surface area (Å²) in [5.74, 6) is 1.70. The summed E-state index contributed by atoms with van der Waals surface area (Å²) in [7, 11) is 3.39. The van der Waals surface area contributed by atoms with Gasteiger partial charge in [0, 0.05) is 43.0 Å². The minimum atomic E-state index is 0.665. The van der Waals surface area contributed by atoms with Crippen molar-refractivity contribution in [3.05, 3.63) is 18.2 Å². The molecule has 1 saturated heterocycles. The zero-order valence-corrected chi connectivity index (χ0v) is 12.8. The number of hydrogen-bond donors (Lipinski definition) is 1. The lowest BCUT2D eigenvalue weighted by Gasteiger charge is -2.34. The van der Waals surface area contributed by atoms with E-state index in [0.29, 0.717) is 6.04 Å². The lowest BCUT2D eigenvalue weighted by atomic mass is 10.0. The Morgan fingerprint density at radius 2 is 1.70 bits per heavy atom. The highest BCUT2D eigenvalue weighted by Gasteiger charge is 2.19. The van der Waals surface area contributed by atoms with Gasteiger partial charge in [-0.2, -0.15) is 0 Å². The van der Waals surface area contributed by atoms with E-state index in [9.17, 15) is 0 Å². The van der Waals surface area contributed by atoms with Crippen LogP contribution in [-0.2, 0) is 0 Å². The highest BCUT2D eigenvalue weighted by molar-refractivity contribution is 5.56. The van der Waals surface area contributed by atoms with Gasteiger partial charge < -0.3 is 19.7 Å². The second-order valence-corrected chi connectivity index (χ2v) is 5.29. The minimum absolute atomic E-state index is 0.665. The van der Waals surface area contributed by atoms with Gasteiger partial charge in [-0.15, -0.1) is 0 Å². The van der Waals surface area contributed by atoms with Crippen molar-refractivity contribution in [2.24, 2.45) is 0 Å². The number of benzene rings is 1. The topological polar surface area (TPSA) is 33.7 Å². The average Bonchev–Trinajstić information content (AvgIpc) is 2.52. The van der Waals surface area contributed by atoms with Crippen molar-refractivity contribution in [2.75, 3.05) is 38.8 Å². The summed E-state index contributed by atoms with van der Waals surface area (Å²) in [6.07, 6.45) is 3.59. The fraction of sp³-hybridized carbons (Fsp3) is 0.625. The molecule has 20 heavy (non-hydrogen) atoms. The molecule has 112 valence electrons. The normalized spacial score (nSPS) is 16.2. The van der Waals surface area contributed by atoms with Gasteiger partial charge in [0.05, 0.1) is 14.2 Å². The maximum absolute atomic E-state index is 5.34. The van der Waals surface area contributed by atoms with Crippen LogP contribution < -0.4 is 19.7 Å². The summed E-state index contributed by atoms with van der Waals surface area (Å²) in [5, 5.41) is 3.61. The summed E-state index contributed by atoms with van der Waals surface area (Å²) >= 11 is 0. The predicted molar refractivity (Wildman–Crippen MR) is 83.1 cm³/mol. The highest BCUT2D eigenvalue weighted by Crippen LogP contribution is 2.30. The Labute approximate surface area is 122 Å². The molecule has 4 nitrogen and oxygen atoms in total. The molecule has 0 aliphatic carbocycles. The van der Waals surface area contributed by atoms with Gasteiger partial charge in [-0.3, -0.25) is 0 Å². The summed E-state index contributed by atoms with van der Waals surface area (Å²) in [5.41, 5.74) is 1.19. The van der Waals surface area contributed by atoms with Gasteiger partial charge in [0.1, 0.15) is 11.5 Å². The Morgan fingerprint density at radius 3 is 2.20 bits per heavy atom. The summed E-state index contributed by atoms with van der Waals surface area (Å²) < 4.78 is 10.7. The van der Waals surface area contributed by atoms with Crippen LogP contribution in [0.4, 0.5) is 5.69 Å². The Morgan fingerprint density at radius 1 is 1.10 bits per heavy atom. The van der Waals surface area contributed by atoms with E-state index in [2.05, 4.69) is 29.3 Å². The summed E-state index contributed by atoms with van der Waals surface area (Å²) in [4.78, 5) is 2.41. The van der Waals surface area contributed by atoms with E-state index in [1.165, 1.54) is 24.9 Å². The maximum Gasteiger partial charge on any atom is 0.124 e. The van der Waals surface area contributed by atoms with Crippen LogP contribution in [0.25, 0.3) is 0 Å². The van der Waals surface area contributed by atoms with Crippen molar-refractivity contribution in [3.63, 3.8) is 0 Å². The third-order valence-corrected chi connectivity index (χ3v) is 3.88. The van der Waals surface area contributed by atoms with E-state index >= 15 is 0 Å². The van der Waals surface area contributed by atoms with E-state index in [-0.39, 0.29) is 0 Å². The number of piperidine rings is 1. The Kier molecular flexibility index (Phi) is 5.53. The van der Waals surface area contributed by atoms with Gasteiger partial charge in [0.2, 0.25) is 0 Å². The quantitative estimate of drug-likeness (QED) is 0.867. The second kappa shape index (κ2) is 7.39. The number of nitrogens with zero attached hydrogens (tertiary/aromatic N) is 1. The molecule has 1 aromatic rings. The molecule has 0 spiro atoms. The molecular formula is C16H26N2O2. The maximum atomic E-state index is 5.34. The zero-order valence-electron chi connectivity index (χ0n) is 12.8. The molecule has 1 aliphatic heterocycles. The number of anilines is 1. The van der Waals surface area contributed by atoms with Crippen molar-refractivity contribution in [1.82, 2.24) is 5.32 Å². The highest BCUT2D eigenvalue weighted by atomic mass is 16.5. The SMILES string of the molecule is CCCNC1CCN(c2cc(OC)cc(OC)c2)CC1. The van der Waals surface area contributed by atoms with E-state index in [0.717, 1.165) is 31.1 Å². The molecule has 0 radical (unpaired) electrons. The Balaban J connectivity index is 1.99. The van der Waals surface area contributed by atoms with Crippen molar-refractivity contribution in [2.45, 2.75) is 32.2 Å². The molecule has 0 saturated carbocycles. The fourth-order valence-electron chi connectivity index (χ4n) is 2.67. The van der Waals surface area contributed by atoms with Crippen molar-refractivity contribution in [3.8, 4) is 11.5 Å². The van der Waals surface area contributed by atoms with Crippen LogP contribution in [0.1, 0.15) is 26.2 Å².